The summed E-state index contributed by atoms with van der Waals surface area (Å²) in [7, 11) is 0. The first kappa shape index (κ1) is 11.2. The molecule has 6 nitrogen and oxygen atoms in total. The Bertz CT molecular complexity index is 276. The number of amides is 1. The summed E-state index contributed by atoms with van der Waals surface area (Å²) in [6, 6.07) is 0. The molecule has 0 spiro atoms. The fourth-order valence-electron chi connectivity index (χ4n) is 1.87. The predicted molar refractivity (Wildman–Crippen MR) is 52.0 cm³/mol. The van der Waals surface area contributed by atoms with Gasteiger partial charge in [-0.05, 0) is 0 Å². The second-order valence-corrected chi connectivity index (χ2v) is 4.89. The van der Waals surface area contributed by atoms with Crippen molar-refractivity contribution >= 4 is 17.7 Å². The van der Waals surface area contributed by atoms with Crippen LogP contribution in [-0.2, 0) is 4.79 Å². The van der Waals surface area contributed by atoms with Crippen LogP contribution in [0.1, 0.15) is 0 Å². The number of hydrogen-bond acceptors (Lipinski definition) is 6. The summed E-state index contributed by atoms with van der Waals surface area (Å²) in [6.07, 6.45) is -5.29. The van der Waals surface area contributed by atoms with Gasteiger partial charge in [-0.1, -0.05) is 0 Å². The molecule has 0 radical (unpaired) electrons. The van der Waals surface area contributed by atoms with Gasteiger partial charge < -0.3 is 25.3 Å². The molecule has 0 aromatic carbocycles. The van der Waals surface area contributed by atoms with Crippen molar-refractivity contribution in [3.63, 3.8) is 0 Å². The summed E-state index contributed by atoms with van der Waals surface area (Å²) in [4.78, 5) is 12.7. The van der Waals surface area contributed by atoms with E-state index in [1.807, 2.05) is 0 Å². The van der Waals surface area contributed by atoms with Crippen LogP contribution in [0.25, 0.3) is 0 Å². The van der Waals surface area contributed by atoms with Crippen molar-refractivity contribution in [2.24, 2.45) is 0 Å². The first-order chi connectivity index (χ1) is 7.02. The Morgan fingerprint density at radius 2 is 1.80 bits per heavy atom. The van der Waals surface area contributed by atoms with Crippen LogP contribution in [-0.4, -0.2) is 73.3 Å². The van der Waals surface area contributed by atoms with E-state index in [4.69, 9.17) is 0 Å². The fraction of sp³-hybridized carbons (Fsp3) is 0.875. The Morgan fingerprint density at radius 1 is 1.13 bits per heavy atom. The normalized spacial score (nSPS) is 46.5. The average Bonchev–Trinajstić information content (AvgIpc) is 2.54. The largest absolute Gasteiger partial charge is 0.388 e. The molecule has 2 fully saturated rings. The van der Waals surface area contributed by atoms with Crippen molar-refractivity contribution in [2.75, 3.05) is 12.3 Å². The summed E-state index contributed by atoms with van der Waals surface area (Å²) in [5, 5.41) is 37.6. The molecular formula is C8H13NO5S. The van der Waals surface area contributed by atoms with Gasteiger partial charge in [-0.15, -0.1) is 11.8 Å². The third-order valence-corrected chi connectivity index (χ3v) is 4.06. The summed E-state index contributed by atoms with van der Waals surface area (Å²) < 4.78 is 0. The van der Waals surface area contributed by atoms with Gasteiger partial charge in [0.2, 0.25) is 5.91 Å². The van der Waals surface area contributed by atoms with E-state index in [1.54, 1.807) is 0 Å². The molecule has 2 rings (SSSR count). The molecule has 4 N–H and O–H groups in total. The third kappa shape index (κ3) is 1.74. The molecule has 86 valence electrons. The van der Waals surface area contributed by atoms with Crippen molar-refractivity contribution in [3.05, 3.63) is 0 Å². The van der Waals surface area contributed by atoms with Crippen LogP contribution in [0.4, 0.5) is 0 Å². The highest BCUT2D eigenvalue weighted by atomic mass is 32.2. The summed E-state index contributed by atoms with van der Waals surface area (Å²) >= 11 is 1.21. The number of hydrogen-bond donors (Lipinski definition) is 4. The van der Waals surface area contributed by atoms with Gasteiger partial charge >= 0.3 is 0 Å². The smallest absolute Gasteiger partial charge is 0.233 e. The van der Waals surface area contributed by atoms with Crippen LogP contribution in [0.15, 0.2) is 0 Å². The maximum Gasteiger partial charge on any atom is 0.233 e. The molecular weight excluding hydrogens is 222 g/mol. The van der Waals surface area contributed by atoms with E-state index < -0.39 is 29.8 Å². The number of rotatable bonds is 0. The molecule has 7 heteroatoms. The molecule has 2 heterocycles. The van der Waals surface area contributed by atoms with Gasteiger partial charge in [0, 0.05) is 0 Å². The first-order valence-electron chi connectivity index (χ1n) is 4.65. The Kier molecular flexibility index (Phi) is 2.91. The van der Waals surface area contributed by atoms with E-state index in [1.165, 1.54) is 16.7 Å². The SMILES string of the molecule is O=C1CS[C@@H]2[C@H](O)[C@@H](O)[C@H](O)[C@H](O)CN12. The van der Waals surface area contributed by atoms with Crippen molar-refractivity contribution in [3.8, 4) is 0 Å². The fourth-order valence-corrected chi connectivity index (χ4v) is 3.09. The van der Waals surface area contributed by atoms with Crippen molar-refractivity contribution in [1.82, 2.24) is 4.90 Å². The summed E-state index contributed by atoms with van der Waals surface area (Å²) in [5.41, 5.74) is 0. The minimum Gasteiger partial charge on any atom is -0.388 e. The molecule has 0 aliphatic carbocycles. The van der Waals surface area contributed by atoms with Gasteiger partial charge in [0.1, 0.15) is 29.8 Å². The lowest BCUT2D eigenvalue weighted by molar-refractivity contribution is -0.130. The molecule has 0 saturated carbocycles. The Labute approximate surface area is 90.5 Å². The van der Waals surface area contributed by atoms with Crippen LogP contribution < -0.4 is 0 Å². The maximum atomic E-state index is 11.4. The maximum absolute atomic E-state index is 11.4. The van der Waals surface area contributed by atoms with E-state index in [9.17, 15) is 25.2 Å². The zero-order valence-electron chi connectivity index (χ0n) is 7.85. The van der Waals surface area contributed by atoms with E-state index in [2.05, 4.69) is 0 Å². The molecule has 1 amide bonds. The predicted octanol–water partition coefficient (Wildman–Crippen LogP) is -2.65. The van der Waals surface area contributed by atoms with E-state index >= 15 is 0 Å². The molecule has 5 atom stereocenters. The van der Waals surface area contributed by atoms with Gasteiger partial charge in [0.25, 0.3) is 0 Å². The van der Waals surface area contributed by atoms with Gasteiger partial charge in [-0.2, -0.15) is 0 Å². The molecule has 0 unspecified atom stereocenters. The number of carbonyl (C=O) groups excluding carboxylic acids is 1. The molecule has 0 aromatic heterocycles. The van der Waals surface area contributed by atoms with E-state index in [0.717, 1.165) is 0 Å². The van der Waals surface area contributed by atoms with Crippen LogP contribution in [0.3, 0.4) is 0 Å². The average molecular weight is 235 g/mol. The number of thioether (sulfide) groups is 1. The monoisotopic (exact) mass is 235 g/mol. The standard InChI is InChI=1S/C8H13NO5S/c10-3-1-9-4(11)2-15-8(9)7(14)6(13)5(3)12/h3,5-8,10,12-14H,1-2H2/t3-,5-,6+,7-,8-/m1/s1. The lowest BCUT2D eigenvalue weighted by atomic mass is 10.1. The Hall–Kier alpha value is -0.340. The molecule has 2 saturated heterocycles. The second kappa shape index (κ2) is 3.91. The number of nitrogens with zero attached hydrogens (tertiary/aromatic N) is 1. The van der Waals surface area contributed by atoms with Gasteiger partial charge in [-0.25, -0.2) is 0 Å². The lowest BCUT2D eigenvalue weighted by Gasteiger charge is -2.26. The van der Waals surface area contributed by atoms with Crippen molar-refractivity contribution < 1.29 is 25.2 Å². The highest BCUT2D eigenvalue weighted by molar-refractivity contribution is 8.01. The topological polar surface area (TPSA) is 101 Å². The van der Waals surface area contributed by atoms with E-state index in [-0.39, 0.29) is 18.2 Å². The highest BCUT2D eigenvalue weighted by Crippen LogP contribution is 2.32. The van der Waals surface area contributed by atoms with Crippen LogP contribution in [0.2, 0.25) is 0 Å². The minimum absolute atomic E-state index is 0.0498. The van der Waals surface area contributed by atoms with E-state index in [0.29, 0.717) is 0 Å². The summed E-state index contributed by atoms with van der Waals surface area (Å²) in [6.45, 7) is -0.0498. The lowest BCUT2D eigenvalue weighted by Crippen LogP contribution is -2.45. The molecule has 0 bridgehead atoms. The molecule has 2 aliphatic heterocycles. The highest BCUT2D eigenvalue weighted by Gasteiger charge is 2.47. The zero-order chi connectivity index (χ0) is 11.2. The first-order valence-corrected chi connectivity index (χ1v) is 5.70. The summed E-state index contributed by atoms with van der Waals surface area (Å²) in [5.74, 6) is 0.0430. The Balaban J connectivity index is 2.25. The van der Waals surface area contributed by atoms with Crippen LogP contribution in [0.5, 0.6) is 0 Å². The number of fused-ring (bicyclic) bond motifs is 1. The molecule has 2 aliphatic rings. The van der Waals surface area contributed by atoms with Gasteiger partial charge in [0.05, 0.1) is 12.3 Å². The number of carbonyl (C=O) groups is 1. The van der Waals surface area contributed by atoms with Crippen LogP contribution in [0, 0.1) is 0 Å². The molecule has 0 aromatic rings. The second-order valence-electron chi connectivity index (χ2n) is 3.79. The number of aliphatic hydroxyl groups excluding tert-OH is 4. The molecule has 15 heavy (non-hydrogen) atoms. The van der Waals surface area contributed by atoms with Crippen molar-refractivity contribution in [1.29, 1.82) is 0 Å². The quantitative estimate of drug-likeness (QED) is 0.366. The third-order valence-electron chi connectivity index (χ3n) is 2.78. The van der Waals surface area contributed by atoms with Gasteiger partial charge in [0.15, 0.2) is 0 Å². The zero-order valence-corrected chi connectivity index (χ0v) is 8.67. The van der Waals surface area contributed by atoms with Crippen molar-refractivity contribution in [2.45, 2.75) is 29.8 Å². The minimum atomic E-state index is -1.42. The van der Waals surface area contributed by atoms with Crippen LogP contribution >= 0.6 is 11.8 Å². The number of aliphatic hydroxyl groups is 4. The Morgan fingerprint density at radius 3 is 2.47 bits per heavy atom. The van der Waals surface area contributed by atoms with Gasteiger partial charge in [-0.3, -0.25) is 4.79 Å².